The summed E-state index contributed by atoms with van der Waals surface area (Å²) in [5.74, 6) is -0.0109. The Kier molecular flexibility index (Phi) is 4.84. The standard InChI is InChI=1S/C10H8Cl3N3O3S2/c1-4-3-14-8(9(15-4)19-2)16-21(17,18)10-6(12)5(11)7(13)20-10/h3H,1-2H3,(H,14,16). The Hall–Kier alpha value is -0.800. The molecule has 0 aromatic carbocycles. The first-order valence-corrected chi connectivity index (χ1v) is 8.73. The summed E-state index contributed by atoms with van der Waals surface area (Å²) in [6.45, 7) is 1.70. The largest absolute Gasteiger partial charge is 0.478 e. The Morgan fingerprint density at radius 3 is 2.48 bits per heavy atom. The Morgan fingerprint density at radius 1 is 1.29 bits per heavy atom. The fraction of sp³-hybridized carbons (Fsp3) is 0.200. The summed E-state index contributed by atoms with van der Waals surface area (Å²) >= 11 is 18.2. The average molecular weight is 389 g/mol. The summed E-state index contributed by atoms with van der Waals surface area (Å²) in [6, 6.07) is 0. The van der Waals surface area contributed by atoms with Crippen molar-refractivity contribution in [3.8, 4) is 5.88 Å². The van der Waals surface area contributed by atoms with Gasteiger partial charge in [-0.25, -0.2) is 18.4 Å². The van der Waals surface area contributed by atoms with Crippen molar-refractivity contribution in [1.29, 1.82) is 0 Å². The van der Waals surface area contributed by atoms with E-state index in [1.807, 2.05) is 0 Å². The molecule has 0 unspecified atom stereocenters. The van der Waals surface area contributed by atoms with Crippen molar-refractivity contribution in [3.63, 3.8) is 0 Å². The van der Waals surface area contributed by atoms with E-state index in [2.05, 4.69) is 14.7 Å². The molecular formula is C10H8Cl3N3O3S2. The summed E-state index contributed by atoms with van der Waals surface area (Å²) < 4.78 is 31.7. The molecule has 0 aliphatic heterocycles. The van der Waals surface area contributed by atoms with E-state index in [0.29, 0.717) is 5.69 Å². The minimum atomic E-state index is -4.01. The first-order valence-electron chi connectivity index (χ1n) is 5.30. The highest BCUT2D eigenvalue weighted by Gasteiger charge is 2.27. The van der Waals surface area contributed by atoms with Crippen molar-refractivity contribution in [1.82, 2.24) is 9.97 Å². The molecule has 1 N–H and O–H groups in total. The van der Waals surface area contributed by atoms with Crippen LogP contribution in [0, 0.1) is 6.92 Å². The fourth-order valence-corrected chi connectivity index (χ4v) is 4.95. The molecule has 2 heterocycles. The van der Waals surface area contributed by atoms with E-state index in [-0.39, 0.29) is 30.3 Å². The molecule has 0 atom stereocenters. The molecule has 0 fully saturated rings. The highest BCUT2D eigenvalue weighted by Crippen LogP contribution is 2.43. The smallest absolute Gasteiger partial charge is 0.274 e. The van der Waals surface area contributed by atoms with E-state index < -0.39 is 10.0 Å². The molecule has 0 spiro atoms. The van der Waals surface area contributed by atoms with Gasteiger partial charge in [-0.3, -0.25) is 4.72 Å². The fourth-order valence-electron chi connectivity index (χ4n) is 1.36. The van der Waals surface area contributed by atoms with Crippen molar-refractivity contribution >= 4 is 62.0 Å². The van der Waals surface area contributed by atoms with Crippen molar-refractivity contribution in [2.45, 2.75) is 11.1 Å². The maximum atomic E-state index is 12.3. The Labute approximate surface area is 140 Å². The monoisotopic (exact) mass is 387 g/mol. The predicted octanol–water partition coefficient (Wildman–Crippen LogP) is 3.62. The van der Waals surface area contributed by atoms with E-state index in [4.69, 9.17) is 39.5 Å². The molecule has 0 bridgehead atoms. The molecule has 2 aromatic heterocycles. The third-order valence-corrected chi connectivity index (χ3v) is 6.80. The molecule has 0 saturated carbocycles. The zero-order valence-corrected chi connectivity index (χ0v) is 14.5. The molecule has 0 saturated heterocycles. The van der Waals surface area contributed by atoms with Crippen LogP contribution in [0.2, 0.25) is 14.4 Å². The topological polar surface area (TPSA) is 81.2 Å². The number of halogens is 3. The summed E-state index contributed by atoms with van der Waals surface area (Å²) in [5, 5.41) is -0.149. The van der Waals surface area contributed by atoms with E-state index in [9.17, 15) is 8.42 Å². The van der Waals surface area contributed by atoms with Gasteiger partial charge < -0.3 is 4.74 Å². The highest BCUT2D eigenvalue weighted by atomic mass is 35.5. The number of aromatic nitrogens is 2. The zero-order valence-electron chi connectivity index (χ0n) is 10.6. The molecule has 0 amide bonds. The van der Waals surface area contributed by atoms with E-state index >= 15 is 0 Å². The van der Waals surface area contributed by atoms with Gasteiger partial charge in [0, 0.05) is 0 Å². The first-order chi connectivity index (χ1) is 9.76. The van der Waals surface area contributed by atoms with E-state index in [1.54, 1.807) is 6.92 Å². The maximum Gasteiger partial charge on any atom is 0.274 e. The van der Waals surface area contributed by atoms with Gasteiger partial charge in [0.2, 0.25) is 5.82 Å². The predicted molar refractivity (Wildman–Crippen MR) is 83.5 cm³/mol. The number of nitrogens with one attached hydrogen (secondary N) is 1. The van der Waals surface area contributed by atoms with Crippen molar-refractivity contribution in [3.05, 3.63) is 26.3 Å². The van der Waals surface area contributed by atoms with Crippen LogP contribution in [-0.4, -0.2) is 25.5 Å². The number of sulfonamides is 1. The molecule has 21 heavy (non-hydrogen) atoms. The van der Waals surface area contributed by atoms with Crippen LogP contribution in [0.4, 0.5) is 5.82 Å². The third-order valence-electron chi connectivity index (χ3n) is 2.26. The van der Waals surface area contributed by atoms with Crippen molar-refractivity contribution < 1.29 is 13.2 Å². The van der Waals surface area contributed by atoms with Crippen LogP contribution in [0.3, 0.4) is 0 Å². The number of methoxy groups -OCH3 is 1. The molecular weight excluding hydrogens is 381 g/mol. The van der Waals surface area contributed by atoms with Crippen LogP contribution >= 0.6 is 46.1 Å². The minimum Gasteiger partial charge on any atom is -0.478 e. The Morgan fingerprint density at radius 2 is 1.95 bits per heavy atom. The lowest BCUT2D eigenvalue weighted by Crippen LogP contribution is -2.14. The first kappa shape index (κ1) is 16.6. The van der Waals surface area contributed by atoms with Gasteiger partial charge in [0.05, 0.1) is 29.0 Å². The van der Waals surface area contributed by atoms with Gasteiger partial charge in [0.15, 0.2) is 4.21 Å². The second kappa shape index (κ2) is 6.13. The minimum absolute atomic E-state index is 0.00864. The molecule has 0 radical (unpaired) electrons. The van der Waals surface area contributed by atoms with Crippen molar-refractivity contribution in [2.24, 2.45) is 0 Å². The molecule has 2 aromatic rings. The van der Waals surface area contributed by atoms with Crippen LogP contribution in [0.25, 0.3) is 0 Å². The van der Waals surface area contributed by atoms with Crippen LogP contribution < -0.4 is 9.46 Å². The second-order valence-corrected chi connectivity index (χ2v) is 8.02. The molecule has 11 heteroatoms. The SMILES string of the molecule is COc1nc(C)cnc1NS(=O)(=O)c1sc(Cl)c(Cl)c1Cl. The maximum absolute atomic E-state index is 12.3. The number of aryl methyl sites for hydroxylation is 1. The van der Waals surface area contributed by atoms with Crippen molar-refractivity contribution in [2.75, 3.05) is 11.8 Å². The number of hydrogen-bond acceptors (Lipinski definition) is 6. The number of nitrogens with zero attached hydrogens (tertiary/aromatic N) is 2. The highest BCUT2D eigenvalue weighted by molar-refractivity contribution is 7.94. The van der Waals surface area contributed by atoms with Gasteiger partial charge in [-0.15, -0.1) is 11.3 Å². The third kappa shape index (κ3) is 3.35. The number of thiophene rings is 1. The average Bonchev–Trinajstić information content (AvgIpc) is 2.69. The van der Waals surface area contributed by atoms with Crippen LogP contribution in [0.5, 0.6) is 5.88 Å². The molecule has 0 aliphatic rings. The lowest BCUT2D eigenvalue weighted by atomic mass is 10.5. The molecule has 114 valence electrons. The second-order valence-electron chi connectivity index (χ2n) is 3.77. The van der Waals surface area contributed by atoms with Gasteiger partial charge in [-0.2, -0.15) is 0 Å². The molecule has 6 nitrogen and oxygen atoms in total. The van der Waals surface area contributed by atoms with Gasteiger partial charge in [-0.1, -0.05) is 34.8 Å². The van der Waals surface area contributed by atoms with Gasteiger partial charge in [-0.05, 0) is 6.92 Å². The van der Waals surface area contributed by atoms with Gasteiger partial charge in [0.1, 0.15) is 4.34 Å². The van der Waals surface area contributed by atoms with Gasteiger partial charge >= 0.3 is 0 Å². The number of hydrogen-bond donors (Lipinski definition) is 1. The van der Waals surface area contributed by atoms with Gasteiger partial charge in [0.25, 0.3) is 15.9 Å². The van der Waals surface area contributed by atoms with Crippen LogP contribution in [-0.2, 0) is 10.0 Å². The number of rotatable bonds is 4. The van der Waals surface area contributed by atoms with E-state index in [0.717, 1.165) is 11.3 Å². The lowest BCUT2D eigenvalue weighted by molar-refractivity contribution is 0.397. The number of anilines is 1. The molecule has 2 rings (SSSR count). The number of ether oxygens (including phenoxy) is 1. The van der Waals surface area contributed by atoms with Crippen LogP contribution in [0.15, 0.2) is 10.4 Å². The Bertz CT molecular complexity index is 792. The summed E-state index contributed by atoms with van der Waals surface area (Å²) in [4.78, 5) is 7.96. The van der Waals surface area contributed by atoms with E-state index in [1.165, 1.54) is 13.3 Å². The Balaban J connectivity index is 2.44. The summed E-state index contributed by atoms with van der Waals surface area (Å²) in [7, 11) is -2.65. The molecule has 0 aliphatic carbocycles. The normalized spacial score (nSPS) is 11.5. The summed E-state index contributed by atoms with van der Waals surface area (Å²) in [6.07, 6.45) is 1.40. The quantitative estimate of drug-likeness (QED) is 0.865. The van der Waals surface area contributed by atoms with Crippen LogP contribution in [0.1, 0.15) is 5.69 Å². The lowest BCUT2D eigenvalue weighted by Gasteiger charge is -2.09. The summed E-state index contributed by atoms with van der Waals surface area (Å²) in [5.41, 5.74) is 0.579. The zero-order chi connectivity index (χ0) is 15.8.